The van der Waals surface area contributed by atoms with E-state index in [4.69, 9.17) is 27.8 Å². The number of hydrogen-bond acceptors (Lipinski definition) is 14. The fourth-order valence-corrected chi connectivity index (χ4v) is 9.23. The van der Waals surface area contributed by atoms with Crippen LogP contribution in [0.3, 0.4) is 0 Å². The van der Waals surface area contributed by atoms with E-state index in [2.05, 4.69) is 4.98 Å². The number of aromatic hydroxyl groups is 1. The summed E-state index contributed by atoms with van der Waals surface area (Å²) in [6.45, 7) is 6.07. The molecule has 344 valence electrons. The zero-order valence-corrected chi connectivity index (χ0v) is 36.2. The first-order chi connectivity index (χ1) is 29.1. The lowest BCUT2D eigenvalue weighted by Crippen LogP contribution is -2.37. The number of hydrogen-bond donors (Lipinski definition) is 3. The van der Waals surface area contributed by atoms with Crippen LogP contribution in [0.2, 0.25) is 0 Å². The van der Waals surface area contributed by atoms with E-state index in [0.29, 0.717) is 0 Å². The van der Waals surface area contributed by atoms with Crippen molar-refractivity contribution in [2.75, 3.05) is 39.5 Å². The van der Waals surface area contributed by atoms with Gasteiger partial charge in [-0.05, 0) is 83.6 Å². The summed E-state index contributed by atoms with van der Waals surface area (Å²) >= 11 is 0. The second-order valence-corrected chi connectivity index (χ2v) is 17.6. The molecule has 1 unspecified atom stereocenters. The van der Waals surface area contributed by atoms with Gasteiger partial charge >= 0.3 is 31.8 Å². The average molecular weight is 928 g/mol. The third-order valence-electron chi connectivity index (χ3n) is 8.61. The van der Waals surface area contributed by atoms with Gasteiger partial charge in [0, 0.05) is 44.1 Å². The minimum atomic E-state index is -5.12. The highest BCUT2D eigenvalue weighted by molar-refractivity contribution is 7.63. The topological polar surface area (TPSA) is 220 Å². The van der Waals surface area contributed by atoms with Crippen molar-refractivity contribution in [3.8, 4) is 23.3 Å². The van der Waals surface area contributed by atoms with Gasteiger partial charge in [-0.1, -0.05) is 0 Å². The molecular formula is C38H49F6N5O11P2. The molecule has 2 aliphatic rings. The molecule has 0 fully saturated rings. The Morgan fingerprint density at radius 1 is 0.887 bits per heavy atom. The lowest BCUT2D eigenvalue weighted by atomic mass is 10.0. The van der Waals surface area contributed by atoms with Crippen LogP contribution in [0.1, 0.15) is 78.2 Å². The van der Waals surface area contributed by atoms with E-state index in [1.165, 1.54) is 18.2 Å². The van der Waals surface area contributed by atoms with Crippen molar-refractivity contribution in [2.24, 2.45) is 0 Å². The molecule has 0 spiro atoms. The Labute approximate surface area is 354 Å². The van der Waals surface area contributed by atoms with E-state index in [0.717, 1.165) is 6.07 Å². The van der Waals surface area contributed by atoms with E-state index in [-0.39, 0.29) is 111 Å². The van der Waals surface area contributed by atoms with Gasteiger partial charge in [-0.3, -0.25) is 23.7 Å². The molecule has 3 N–H and O–H groups in total. The van der Waals surface area contributed by atoms with Crippen LogP contribution in [-0.4, -0.2) is 96.3 Å². The Balaban J connectivity index is 1.93. The summed E-state index contributed by atoms with van der Waals surface area (Å²) in [6.07, 6.45) is -10.9. The van der Waals surface area contributed by atoms with Gasteiger partial charge in [-0.15, -0.1) is 0 Å². The van der Waals surface area contributed by atoms with Gasteiger partial charge in [-0.2, -0.15) is 31.6 Å². The minimum absolute atomic E-state index is 0.0182. The summed E-state index contributed by atoms with van der Waals surface area (Å²) in [5.41, 5.74) is -0.645. The van der Waals surface area contributed by atoms with Gasteiger partial charge < -0.3 is 38.3 Å². The number of phenols is 1. The van der Waals surface area contributed by atoms with Gasteiger partial charge in [0.15, 0.2) is 22.1 Å². The second kappa shape index (κ2) is 24.0. The number of alkyl halides is 6. The Morgan fingerprint density at radius 2 is 1.45 bits per heavy atom. The van der Waals surface area contributed by atoms with Gasteiger partial charge in [0.1, 0.15) is 22.7 Å². The van der Waals surface area contributed by atoms with Crippen LogP contribution in [0.25, 0.3) is 22.6 Å². The molecule has 1 heterocycles. The molecule has 62 heavy (non-hydrogen) atoms. The fourth-order valence-electron chi connectivity index (χ4n) is 5.76. The van der Waals surface area contributed by atoms with E-state index < -0.39 is 83.1 Å². The lowest BCUT2D eigenvalue weighted by Gasteiger charge is -2.35. The largest absolute Gasteiger partial charge is 0.507 e. The summed E-state index contributed by atoms with van der Waals surface area (Å²) < 4.78 is 122. The SMILES string of the molecule is CC(C)N(C(C)C)P(OCCC#N)OCCC(=O)CCc1cc2nc3ccc(=O)cc-3oc2c(P(=O)(OCCCCNC(=O)C(F)(F)F)OCCCCNC(=O)C(F)(F)F)c1O. The van der Waals surface area contributed by atoms with E-state index >= 15 is 0 Å². The van der Waals surface area contributed by atoms with Crippen LogP contribution in [0, 0.1) is 11.3 Å². The van der Waals surface area contributed by atoms with Crippen molar-refractivity contribution in [1.29, 1.82) is 5.26 Å². The molecule has 1 aromatic carbocycles. The molecule has 0 aromatic heterocycles. The summed E-state index contributed by atoms with van der Waals surface area (Å²) in [6, 6.07) is 7.07. The molecule has 1 aliphatic heterocycles. The van der Waals surface area contributed by atoms with E-state index in [1.54, 1.807) is 10.6 Å². The first-order valence-electron chi connectivity index (χ1n) is 19.5. The van der Waals surface area contributed by atoms with Gasteiger partial charge in [0.05, 0.1) is 38.9 Å². The molecule has 3 rings (SSSR count). The summed E-state index contributed by atoms with van der Waals surface area (Å²) in [5, 5.41) is 23.5. The summed E-state index contributed by atoms with van der Waals surface area (Å²) in [5.74, 6) is -5.44. The number of aromatic nitrogens is 1. The van der Waals surface area contributed by atoms with Crippen LogP contribution < -0.4 is 21.4 Å². The highest BCUT2D eigenvalue weighted by Crippen LogP contribution is 2.53. The number of nitriles is 1. The number of ketones is 1. The molecule has 16 nitrogen and oxygen atoms in total. The molecule has 0 bridgehead atoms. The Morgan fingerprint density at radius 3 is 1.98 bits per heavy atom. The maximum atomic E-state index is 14.8. The van der Waals surface area contributed by atoms with E-state index in [9.17, 15) is 55.2 Å². The number of nitrogens with zero attached hydrogens (tertiary/aromatic N) is 3. The number of carbonyl (C=O) groups is 3. The van der Waals surface area contributed by atoms with Crippen molar-refractivity contribution in [2.45, 2.75) is 103 Å². The number of amides is 2. The van der Waals surface area contributed by atoms with Crippen LogP contribution in [0.15, 0.2) is 33.5 Å². The fraction of sp³-hybridized carbons (Fsp3) is 0.579. The van der Waals surface area contributed by atoms with E-state index in [1.807, 2.05) is 38.4 Å². The van der Waals surface area contributed by atoms with Crippen LogP contribution in [0.4, 0.5) is 26.3 Å². The number of aryl methyl sites for hydroxylation is 1. The third kappa shape index (κ3) is 15.8. The summed E-state index contributed by atoms with van der Waals surface area (Å²) in [4.78, 5) is 52.3. The van der Waals surface area contributed by atoms with Gasteiger partial charge in [-0.25, -0.2) is 9.65 Å². The zero-order chi connectivity index (χ0) is 46.3. The third-order valence-corrected chi connectivity index (χ3v) is 12.7. The molecular weight excluding hydrogens is 878 g/mol. The normalized spacial score (nSPS) is 13.0. The average Bonchev–Trinajstić information content (AvgIpc) is 3.17. The molecule has 1 aliphatic carbocycles. The highest BCUT2D eigenvalue weighted by atomic mass is 31.2. The number of benzene rings is 2. The number of nitrogens with one attached hydrogen (secondary N) is 2. The first-order valence-corrected chi connectivity index (χ1v) is 22.2. The Bertz CT molecular complexity index is 2050. The summed E-state index contributed by atoms with van der Waals surface area (Å²) in [7, 11) is -6.44. The predicted octanol–water partition coefficient (Wildman–Crippen LogP) is 6.95. The van der Waals surface area contributed by atoms with Crippen LogP contribution in [-0.2, 0) is 43.5 Å². The second-order valence-electron chi connectivity index (χ2n) is 14.2. The maximum absolute atomic E-state index is 14.8. The monoisotopic (exact) mass is 927 g/mol. The number of Topliss-reactive ketones (excluding diaryl/α,β-unsaturated/α-hetero) is 1. The quantitative estimate of drug-likeness (QED) is 0.0321. The molecule has 0 saturated heterocycles. The van der Waals surface area contributed by atoms with Gasteiger partial charge in [0.25, 0.3) is 8.53 Å². The maximum Gasteiger partial charge on any atom is 0.471 e. The van der Waals surface area contributed by atoms with Crippen LogP contribution >= 0.6 is 16.1 Å². The highest BCUT2D eigenvalue weighted by Gasteiger charge is 2.40. The van der Waals surface area contributed by atoms with Gasteiger partial charge in [0.2, 0.25) is 0 Å². The van der Waals surface area contributed by atoms with Crippen molar-refractivity contribution >= 4 is 50.1 Å². The Kier molecular flexibility index (Phi) is 20.2. The molecule has 0 saturated carbocycles. The zero-order valence-electron chi connectivity index (χ0n) is 34.4. The number of halogens is 6. The number of carbonyl (C=O) groups excluding carboxylic acids is 3. The van der Waals surface area contributed by atoms with Crippen molar-refractivity contribution in [1.82, 2.24) is 20.3 Å². The Hall–Kier alpha value is -4.22. The number of fused-ring (bicyclic) bond motifs is 2. The predicted molar refractivity (Wildman–Crippen MR) is 213 cm³/mol. The number of unbranched alkanes of at least 4 members (excludes halogenated alkanes) is 2. The number of rotatable bonds is 26. The van der Waals surface area contributed by atoms with Crippen molar-refractivity contribution in [3.05, 3.63) is 40.1 Å². The minimum Gasteiger partial charge on any atom is -0.507 e. The van der Waals surface area contributed by atoms with Crippen LogP contribution in [0.5, 0.6) is 5.75 Å². The lowest BCUT2D eigenvalue weighted by molar-refractivity contribution is -0.173. The molecule has 2 amide bonds. The number of phenolic OH excluding ortho intramolecular Hbond substituents is 1. The van der Waals surface area contributed by atoms with Crippen molar-refractivity contribution in [3.63, 3.8) is 0 Å². The van der Waals surface area contributed by atoms with Crippen molar-refractivity contribution < 1.29 is 72.9 Å². The molecule has 1 atom stereocenters. The standard InChI is InChI=1S/C38H49F6N5O11P2/c1-24(2)49(25(3)4)61(56-18-9-15-45)57-21-14-27(50)11-10-26-22-30-33(60-31-23-28(51)12-13-29(31)48-30)34(32(26)52)62(55,58-19-7-5-16-46-35(53)37(39,40)41)59-20-8-6-17-47-36(54)38(42,43)44/h12-13,22-25,52H,5-11,14,16-21H2,1-4H3,(H,46,53)(H,47,54). The molecule has 1 aromatic rings. The smallest absolute Gasteiger partial charge is 0.471 e. The first kappa shape index (κ1) is 52.1. The molecule has 0 radical (unpaired) electrons. The molecule has 24 heteroatoms.